The topological polar surface area (TPSA) is 38.3 Å². The van der Waals surface area contributed by atoms with E-state index in [9.17, 15) is 4.79 Å². The summed E-state index contributed by atoms with van der Waals surface area (Å²) in [4.78, 5) is 10.6. The lowest BCUT2D eigenvalue weighted by Crippen LogP contribution is -2.31. The summed E-state index contributed by atoms with van der Waals surface area (Å²) in [5.74, 6) is 0. The van der Waals surface area contributed by atoms with Gasteiger partial charge in [-0.2, -0.15) is 0 Å². The van der Waals surface area contributed by atoms with Crippen molar-refractivity contribution < 1.29 is 9.53 Å². The lowest BCUT2D eigenvalue weighted by Gasteiger charge is -2.07. The van der Waals surface area contributed by atoms with Crippen molar-refractivity contribution in [2.75, 3.05) is 7.11 Å². The second kappa shape index (κ2) is 3.25. The van der Waals surface area contributed by atoms with Gasteiger partial charge in [-0.15, -0.1) is 0 Å². The van der Waals surface area contributed by atoms with Crippen molar-refractivity contribution in [3.05, 3.63) is 12.2 Å². The third-order valence-electron chi connectivity index (χ3n) is 1.50. The Morgan fingerprint density at radius 2 is 2.60 bits per heavy atom. The van der Waals surface area contributed by atoms with Gasteiger partial charge in [-0.25, -0.2) is 4.79 Å². The zero-order chi connectivity index (χ0) is 7.40. The third-order valence-corrected chi connectivity index (χ3v) is 1.50. The van der Waals surface area contributed by atoms with Crippen molar-refractivity contribution in [1.82, 2.24) is 5.32 Å². The number of nitrogens with one attached hydrogen (secondary N) is 1. The van der Waals surface area contributed by atoms with Crippen molar-refractivity contribution in [2.45, 2.75) is 18.9 Å². The number of hydrogen-bond donors (Lipinski definition) is 1. The van der Waals surface area contributed by atoms with Crippen molar-refractivity contribution in [1.29, 1.82) is 0 Å². The van der Waals surface area contributed by atoms with Gasteiger partial charge < -0.3 is 10.1 Å². The maximum absolute atomic E-state index is 10.6. The second-order valence-electron chi connectivity index (χ2n) is 2.25. The van der Waals surface area contributed by atoms with Crippen LogP contribution >= 0.6 is 0 Å². The highest BCUT2D eigenvalue weighted by Crippen LogP contribution is 2.08. The minimum Gasteiger partial charge on any atom is -0.453 e. The number of carbonyl (C=O) groups is 1. The zero-order valence-corrected chi connectivity index (χ0v) is 5.96. The van der Waals surface area contributed by atoms with Gasteiger partial charge in [-0.1, -0.05) is 12.2 Å². The van der Waals surface area contributed by atoms with E-state index in [1.807, 2.05) is 6.08 Å². The number of hydrogen-bond acceptors (Lipinski definition) is 2. The first-order valence-corrected chi connectivity index (χ1v) is 3.34. The Kier molecular flexibility index (Phi) is 2.31. The molecule has 10 heavy (non-hydrogen) atoms. The summed E-state index contributed by atoms with van der Waals surface area (Å²) in [6, 6.07) is 0.187. The average molecular weight is 141 g/mol. The molecule has 3 heteroatoms. The molecule has 0 spiro atoms. The van der Waals surface area contributed by atoms with Gasteiger partial charge in [-0.3, -0.25) is 0 Å². The molecule has 1 amide bonds. The van der Waals surface area contributed by atoms with E-state index in [-0.39, 0.29) is 12.1 Å². The molecule has 0 aromatic rings. The van der Waals surface area contributed by atoms with Crippen LogP contribution in [0.25, 0.3) is 0 Å². The van der Waals surface area contributed by atoms with Gasteiger partial charge in [0.15, 0.2) is 0 Å². The first-order chi connectivity index (χ1) is 4.83. The highest BCUT2D eigenvalue weighted by molar-refractivity contribution is 5.67. The molecule has 0 heterocycles. The molecule has 0 saturated heterocycles. The van der Waals surface area contributed by atoms with Gasteiger partial charge in [-0.05, 0) is 12.8 Å². The van der Waals surface area contributed by atoms with Crippen LogP contribution in [0.15, 0.2) is 12.2 Å². The summed E-state index contributed by atoms with van der Waals surface area (Å²) < 4.78 is 4.43. The van der Waals surface area contributed by atoms with Crippen LogP contribution in [-0.2, 0) is 4.74 Å². The first kappa shape index (κ1) is 7.12. The number of methoxy groups -OCH3 is 1. The molecule has 1 unspecified atom stereocenters. The van der Waals surface area contributed by atoms with Crippen LogP contribution in [0.4, 0.5) is 4.79 Å². The van der Waals surface area contributed by atoms with E-state index in [1.165, 1.54) is 7.11 Å². The van der Waals surface area contributed by atoms with Crippen LogP contribution in [0.5, 0.6) is 0 Å². The molecular weight excluding hydrogens is 130 g/mol. The third kappa shape index (κ3) is 1.76. The van der Waals surface area contributed by atoms with Crippen molar-refractivity contribution in [3.8, 4) is 0 Å². The van der Waals surface area contributed by atoms with Crippen molar-refractivity contribution >= 4 is 6.09 Å². The van der Waals surface area contributed by atoms with E-state index in [1.54, 1.807) is 0 Å². The molecule has 1 atom stereocenters. The Morgan fingerprint density at radius 1 is 1.80 bits per heavy atom. The van der Waals surface area contributed by atoms with E-state index in [2.05, 4.69) is 16.1 Å². The molecule has 1 rings (SSSR count). The SMILES string of the molecule is COC(=O)NC1C=CCC1. The van der Waals surface area contributed by atoms with E-state index in [0.29, 0.717) is 0 Å². The molecule has 56 valence electrons. The molecule has 0 aromatic carbocycles. The van der Waals surface area contributed by atoms with E-state index in [0.717, 1.165) is 12.8 Å². The molecule has 1 aliphatic rings. The molecular formula is C7H11NO2. The van der Waals surface area contributed by atoms with E-state index >= 15 is 0 Å². The number of carbonyl (C=O) groups excluding carboxylic acids is 1. The largest absolute Gasteiger partial charge is 0.453 e. The van der Waals surface area contributed by atoms with Crippen molar-refractivity contribution in [3.63, 3.8) is 0 Å². The summed E-state index contributed by atoms with van der Waals surface area (Å²) in [6.07, 6.45) is 5.73. The summed E-state index contributed by atoms with van der Waals surface area (Å²) in [5, 5.41) is 2.68. The zero-order valence-electron chi connectivity index (χ0n) is 5.96. The normalized spacial score (nSPS) is 22.7. The van der Waals surface area contributed by atoms with Crippen LogP contribution in [0.2, 0.25) is 0 Å². The molecule has 0 saturated carbocycles. The van der Waals surface area contributed by atoms with Gasteiger partial charge in [0, 0.05) is 0 Å². The predicted octanol–water partition coefficient (Wildman–Crippen LogP) is 1.06. The lowest BCUT2D eigenvalue weighted by atomic mass is 10.3. The van der Waals surface area contributed by atoms with Gasteiger partial charge in [0.25, 0.3) is 0 Å². The Labute approximate surface area is 60.1 Å². The molecule has 0 aliphatic heterocycles. The van der Waals surface area contributed by atoms with Gasteiger partial charge >= 0.3 is 6.09 Å². The minimum absolute atomic E-state index is 0.187. The fourth-order valence-corrected chi connectivity index (χ4v) is 0.963. The summed E-state index contributed by atoms with van der Waals surface area (Å²) in [5.41, 5.74) is 0. The average Bonchev–Trinajstić information content (AvgIpc) is 2.40. The van der Waals surface area contributed by atoms with Crippen LogP contribution in [0.1, 0.15) is 12.8 Å². The molecule has 0 bridgehead atoms. The maximum atomic E-state index is 10.6. The number of amides is 1. The van der Waals surface area contributed by atoms with Crippen LogP contribution < -0.4 is 5.32 Å². The van der Waals surface area contributed by atoms with Gasteiger partial charge in [0.1, 0.15) is 0 Å². The minimum atomic E-state index is -0.350. The summed E-state index contributed by atoms with van der Waals surface area (Å²) in [6.45, 7) is 0. The lowest BCUT2D eigenvalue weighted by molar-refractivity contribution is 0.168. The van der Waals surface area contributed by atoms with Crippen molar-refractivity contribution in [2.24, 2.45) is 0 Å². The van der Waals surface area contributed by atoms with Gasteiger partial charge in [0.2, 0.25) is 0 Å². The Bertz CT molecular complexity index is 154. The standard InChI is InChI=1S/C7H11NO2/c1-10-7(9)8-6-4-2-3-5-6/h2,4,6H,3,5H2,1H3,(H,8,9). The second-order valence-corrected chi connectivity index (χ2v) is 2.25. The smallest absolute Gasteiger partial charge is 0.407 e. The maximum Gasteiger partial charge on any atom is 0.407 e. The number of ether oxygens (including phenoxy) is 1. The van der Waals surface area contributed by atoms with E-state index < -0.39 is 0 Å². The quantitative estimate of drug-likeness (QED) is 0.554. The van der Waals surface area contributed by atoms with Crippen LogP contribution in [0, 0.1) is 0 Å². The Balaban J connectivity index is 2.24. The van der Waals surface area contributed by atoms with Crippen LogP contribution in [0.3, 0.4) is 0 Å². The van der Waals surface area contributed by atoms with Gasteiger partial charge in [0.05, 0.1) is 13.2 Å². The fraction of sp³-hybridized carbons (Fsp3) is 0.571. The number of alkyl carbamates (subject to hydrolysis) is 1. The first-order valence-electron chi connectivity index (χ1n) is 3.34. The summed E-state index contributed by atoms with van der Waals surface area (Å²) in [7, 11) is 1.37. The fourth-order valence-electron chi connectivity index (χ4n) is 0.963. The highest BCUT2D eigenvalue weighted by Gasteiger charge is 2.11. The Hall–Kier alpha value is -0.990. The monoisotopic (exact) mass is 141 g/mol. The predicted molar refractivity (Wildman–Crippen MR) is 37.7 cm³/mol. The molecule has 1 N–H and O–H groups in total. The summed E-state index contributed by atoms with van der Waals surface area (Å²) >= 11 is 0. The molecule has 0 aromatic heterocycles. The van der Waals surface area contributed by atoms with E-state index in [4.69, 9.17) is 0 Å². The molecule has 0 fully saturated rings. The number of allylic oxidation sites excluding steroid dienone is 1. The number of rotatable bonds is 1. The molecule has 3 nitrogen and oxygen atoms in total. The molecule has 0 radical (unpaired) electrons. The molecule has 1 aliphatic carbocycles. The van der Waals surface area contributed by atoms with Crippen LogP contribution in [-0.4, -0.2) is 19.2 Å². The highest BCUT2D eigenvalue weighted by atomic mass is 16.5. The Morgan fingerprint density at radius 3 is 3.10 bits per heavy atom.